The fourth-order valence-corrected chi connectivity index (χ4v) is 2.38. The van der Waals surface area contributed by atoms with Gasteiger partial charge in [-0.05, 0) is 43.5 Å². The Kier molecular flexibility index (Phi) is 6.80. The Hall–Kier alpha value is -2.57. The minimum absolute atomic E-state index is 0.110. The number of hydrogen-bond donors (Lipinski definition) is 0. The molecule has 136 valence electrons. The zero-order valence-corrected chi connectivity index (χ0v) is 14.7. The fourth-order valence-electron chi connectivity index (χ4n) is 2.38. The fraction of sp³-hybridized carbons (Fsp3) is 0.500. The molecule has 0 radical (unpaired) electrons. The SMILES string of the molecule is CN(C)c1ccc(OCCCCCC(=O)ON2C(=O)CCC2=O)cc1. The number of benzene rings is 1. The van der Waals surface area contributed by atoms with Gasteiger partial charge in [0.2, 0.25) is 0 Å². The van der Waals surface area contributed by atoms with Crippen molar-refractivity contribution in [3.8, 4) is 5.75 Å². The maximum atomic E-state index is 11.6. The Bertz CT molecular complexity index is 596. The second-order valence-corrected chi connectivity index (χ2v) is 6.09. The highest BCUT2D eigenvalue weighted by atomic mass is 16.7. The van der Waals surface area contributed by atoms with Crippen molar-refractivity contribution in [3.63, 3.8) is 0 Å². The summed E-state index contributed by atoms with van der Waals surface area (Å²) in [5.41, 5.74) is 1.11. The minimum atomic E-state index is -0.552. The highest BCUT2D eigenvalue weighted by Gasteiger charge is 2.32. The van der Waals surface area contributed by atoms with Crippen LogP contribution in [0.5, 0.6) is 5.75 Å². The van der Waals surface area contributed by atoms with Gasteiger partial charge in [-0.1, -0.05) is 0 Å². The van der Waals surface area contributed by atoms with Crippen molar-refractivity contribution in [1.29, 1.82) is 0 Å². The summed E-state index contributed by atoms with van der Waals surface area (Å²) in [4.78, 5) is 41.1. The molecule has 1 aromatic rings. The van der Waals surface area contributed by atoms with Crippen LogP contribution in [0.15, 0.2) is 24.3 Å². The lowest BCUT2D eigenvalue weighted by molar-refractivity contribution is -0.197. The number of carbonyl (C=O) groups excluding carboxylic acids is 3. The van der Waals surface area contributed by atoms with E-state index >= 15 is 0 Å². The van der Waals surface area contributed by atoms with Gasteiger partial charge in [0.05, 0.1) is 6.61 Å². The monoisotopic (exact) mass is 348 g/mol. The van der Waals surface area contributed by atoms with E-state index in [1.54, 1.807) is 0 Å². The smallest absolute Gasteiger partial charge is 0.333 e. The third-order valence-corrected chi connectivity index (χ3v) is 3.85. The van der Waals surface area contributed by atoms with Crippen LogP contribution in [0.2, 0.25) is 0 Å². The maximum Gasteiger partial charge on any atom is 0.333 e. The molecule has 0 spiro atoms. The van der Waals surface area contributed by atoms with E-state index in [2.05, 4.69) is 0 Å². The zero-order valence-electron chi connectivity index (χ0n) is 14.7. The molecule has 7 nitrogen and oxygen atoms in total. The second-order valence-electron chi connectivity index (χ2n) is 6.09. The molecular formula is C18H24N2O5. The van der Waals surface area contributed by atoms with E-state index in [1.165, 1.54) is 0 Å². The number of ether oxygens (including phenoxy) is 1. The van der Waals surface area contributed by atoms with Crippen molar-refractivity contribution in [2.75, 3.05) is 25.6 Å². The third-order valence-electron chi connectivity index (χ3n) is 3.85. The van der Waals surface area contributed by atoms with Crippen LogP contribution in [-0.2, 0) is 19.2 Å². The molecule has 0 unspecified atom stereocenters. The summed E-state index contributed by atoms with van der Waals surface area (Å²) in [6.07, 6.45) is 2.63. The van der Waals surface area contributed by atoms with Crippen LogP contribution in [0.4, 0.5) is 5.69 Å². The molecule has 1 saturated heterocycles. The standard InChI is InChI=1S/C18H24N2O5/c1-19(2)14-7-9-15(10-8-14)24-13-5-3-4-6-18(23)25-20-16(21)11-12-17(20)22/h7-10H,3-6,11-13H2,1-2H3. The number of hydroxylamine groups is 2. The molecule has 0 saturated carbocycles. The Labute approximate surface area is 147 Å². The van der Waals surface area contributed by atoms with E-state index < -0.39 is 17.8 Å². The number of unbranched alkanes of at least 4 members (excludes halogenated alkanes) is 2. The summed E-state index contributed by atoms with van der Waals surface area (Å²) in [5.74, 6) is -0.640. The van der Waals surface area contributed by atoms with E-state index in [0.717, 1.165) is 24.3 Å². The molecule has 25 heavy (non-hydrogen) atoms. The minimum Gasteiger partial charge on any atom is -0.494 e. The predicted molar refractivity (Wildman–Crippen MR) is 91.9 cm³/mol. The molecule has 0 bridgehead atoms. The van der Waals surface area contributed by atoms with E-state index in [-0.39, 0.29) is 19.3 Å². The lowest BCUT2D eigenvalue weighted by Crippen LogP contribution is -2.31. The third kappa shape index (κ3) is 5.77. The summed E-state index contributed by atoms with van der Waals surface area (Å²) in [6.45, 7) is 0.569. The molecule has 0 atom stereocenters. The number of amides is 2. The van der Waals surface area contributed by atoms with Crippen molar-refractivity contribution < 1.29 is 24.0 Å². The van der Waals surface area contributed by atoms with Crippen molar-refractivity contribution in [3.05, 3.63) is 24.3 Å². The highest BCUT2D eigenvalue weighted by molar-refractivity contribution is 6.01. The molecule has 2 amide bonds. The van der Waals surface area contributed by atoms with Gasteiger partial charge in [0, 0.05) is 39.0 Å². The molecule has 1 aromatic carbocycles. The average molecular weight is 348 g/mol. The number of carbonyl (C=O) groups is 3. The van der Waals surface area contributed by atoms with Crippen molar-refractivity contribution in [2.45, 2.75) is 38.5 Å². The van der Waals surface area contributed by atoms with E-state index in [4.69, 9.17) is 9.57 Å². The van der Waals surface area contributed by atoms with Gasteiger partial charge < -0.3 is 14.5 Å². The molecule has 1 fully saturated rings. The topological polar surface area (TPSA) is 76.2 Å². The zero-order chi connectivity index (χ0) is 18.2. The summed E-state index contributed by atoms with van der Waals surface area (Å²) in [5, 5.41) is 0.586. The first-order valence-corrected chi connectivity index (χ1v) is 8.44. The average Bonchev–Trinajstić information content (AvgIpc) is 2.90. The summed E-state index contributed by atoms with van der Waals surface area (Å²) >= 11 is 0. The highest BCUT2D eigenvalue weighted by Crippen LogP contribution is 2.18. The first kappa shape index (κ1) is 18.8. The van der Waals surface area contributed by atoms with E-state index in [0.29, 0.717) is 18.1 Å². The van der Waals surface area contributed by atoms with Gasteiger partial charge in [-0.2, -0.15) is 0 Å². The van der Waals surface area contributed by atoms with Crippen LogP contribution in [-0.4, -0.2) is 43.5 Å². The first-order chi connectivity index (χ1) is 12.0. The van der Waals surface area contributed by atoms with Gasteiger partial charge in [-0.25, -0.2) is 4.79 Å². The van der Waals surface area contributed by atoms with Crippen molar-refractivity contribution >= 4 is 23.5 Å². The Morgan fingerprint density at radius 2 is 1.68 bits per heavy atom. The molecule has 7 heteroatoms. The molecule has 0 aliphatic carbocycles. The van der Waals surface area contributed by atoms with E-state index in [1.807, 2.05) is 43.3 Å². The second kappa shape index (κ2) is 9.05. The van der Waals surface area contributed by atoms with Crippen molar-refractivity contribution in [1.82, 2.24) is 5.06 Å². The van der Waals surface area contributed by atoms with Gasteiger partial charge in [0.1, 0.15) is 5.75 Å². The van der Waals surface area contributed by atoms with Crippen molar-refractivity contribution in [2.24, 2.45) is 0 Å². The Morgan fingerprint density at radius 3 is 2.28 bits per heavy atom. The van der Waals surface area contributed by atoms with Crippen LogP contribution in [0, 0.1) is 0 Å². The first-order valence-electron chi connectivity index (χ1n) is 8.44. The molecule has 0 N–H and O–H groups in total. The van der Waals surface area contributed by atoms with Gasteiger partial charge in [-0.15, -0.1) is 5.06 Å². The number of rotatable bonds is 9. The van der Waals surface area contributed by atoms with E-state index in [9.17, 15) is 14.4 Å². The molecular weight excluding hydrogens is 324 g/mol. The predicted octanol–water partition coefficient (Wildman–Crippen LogP) is 2.30. The number of nitrogens with zero attached hydrogens (tertiary/aromatic N) is 2. The number of hydrogen-bond acceptors (Lipinski definition) is 6. The number of imide groups is 1. The lowest BCUT2D eigenvalue weighted by Gasteiger charge is -2.13. The summed E-state index contributed by atoms with van der Waals surface area (Å²) in [7, 11) is 3.97. The molecule has 0 aromatic heterocycles. The Balaban J connectivity index is 1.56. The summed E-state index contributed by atoms with van der Waals surface area (Å²) in [6, 6.07) is 7.84. The molecule has 1 heterocycles. The van der Waals surface area contributed by atoms with Gasteiger partial charge >= 0.3 is 5.97 Å². The van der Waals surface area contributed by atoms with Crippen LogP contribution in [0.1, 0.15) is 38.5 Å². The molecule has 1 aliphatic heterocycles. The lowest BCUT2D eigenvalue weighted by atomic mass is 10.2. The summed E-state index contributed by atoms with van der Waals surface area (Å²) < 4.78 is 5.65. The normalized spacial score (nSPS) is 13.9. The van der Waals surface area contributed by atoms with Crippen LogP contribution in [0.3, 0.4) is 0 Å². The number of anilines is 1. The van der Waals surface area contributed by atoms with Crippen LogP contribution < -0.4 is 9.64 Å². The quantitative estimate of drug-likeness (QED) is 0.503. The largest absolute Gasteiger partial charge is 0.494 e. The van der Waals surface area contributed by atoms with Crippen LogP contribution in [0.25, 0.3) is 0 Å². The Morgan fingerprint density at radius 1 is 1.04 bits per heavy atom. The maximum absolute atomic E-state index is 11.6. The van der Waals surface area contributed by atoms with Crippen LogP contribution >= 0.6 is 0 Å². The van der Waals surface area contributed by atoms with Gasteiger partial charge in [0.25, 0.3) is 11.8 Å². The molecule has 2 rings (SSSR count). The van der Waals surface area contributed by atoms with Gasteiger partial charge in [0.15, 0.2) is 0 Å². The molecule has 1 aliphatic rings. The van der Waals surface area contributed by atoms with Gasteiger partial charge in [-0.3, -0.25) is 9.59 Å².